The molecule has 2 atom stereocenters. The highest BCUT2D eigenvalue weighted by molar-refractivity contribution is 5.84. The molecule has 0 amide bonds. The zero-order valence-corrected chi connectivity index (χ0v) is 11.5. The van der Waals surface area contributed by atoms with E-state index in [2.05, 4.69) is 42.5 Å². The molecule has 2 aliphatic rings. The van der Waals surface area contributed by atoms with E-state index < -0.39 is 0 Å². The molecule has 0 N–H and O–H groups in total. The Morgan fingerprint density at radius 2 is 2.00 bits per heavy atom. The molecule has 2 heteroatoms. The second-order valence-corrected chi connectivity index (χ2v) is 6.20. The van der Waals surface area contributed by atoms with Gasteiger partial charge in [0.1, 0.15) is 0 Å². The van der Waals surface area contributed by atoms with Gasteiger partial charge in [-0.15, -0.1) is 0 Å². The highest BCUT2D eigenvalue weighted by Gasteiger charge is 2.54. The number of carbonyl (C=O) groups is 1. The molecule has 102 valence electrons. The predicted molar refractivity (Wildman–Crippen MR) is 78.4 cm³/mol. The standard InChI is InChI=1S/C18H18O2/c19-17-18(9-3-6-16(18)12-20-17)11-13-7-8-14-4-1-2-5-15(14)10-13/h1-2,4-5,7-8,10,16H,3,6,9,11-12H2/t16-,18-/m1/s1. The van der Waals surface area contributed by atoms with Crippen molar-refractivity contribution in [3.05, 3.63) is 48.0 Å². The topological polar surface area (TPSA) is 26.3 Å². The van der Waals surface area contributed by atoms with Crippen molar-refractivity contribution in [1.29, 1.82) is 0 Å². The van der Waals surface area contributed by atoms with Crippen LogP contribution in [0.5, 0.6) is 0 Å². The Labute approximate surface area is 118 Å². The molecule has 0 spiro atoms. The van der Waals surface area contributed by atoms with E-state index in [1.54, 1.807) is 0 Å². The fraction of sp³-hybridized carbons (Fsp3) is 0.389. The lowest BCUT2D eigenvalue weighted by Crippen LogP contribution is -2.31. The second-order valence-electron chi connectivity index (χ2n) is 6.20. The molecule has 1 aliphatic heterocycles. The Kier molecular flexibility index (Phi) is 2.59. The Hall–Kier alpha value is -1.83. The van der Waals surface area contributed by atoms with Gasteiger partial charge in [-0.3, -0.25) is 4.79 Å². The lowest BCUT2D eigenvalue weighted by atomic mass is 9.75. The van der Waals surface area contributed by atoms with Crippen molar-refractivity contribution in [2.75, 3.05) is 6.61 Å². The number of benzene rings is 2. The lowest BCUT2D eigenvalue weighted by Gasteiger charge is -2.24. The molecular weight excluding hydrogens is 248 g/mol. The van der Waals surface area contributed by atoms with Crippen LogP contribution in [0.15, 0.2) is 42.5 Å². The van der Waals surface area contributed by atoms with Gasteiger partial charge in [-0.25, -0.2) is 0 Å². The van der Waals surface area contributed by atoms with Crippen LogP contribution in [0.2, 0.25) is 0 Å². The summed E-state index contributed by atoms with van der Waals surface area (Å²) in [5.74, 6) is 0.467. The molecule has 1 saturated carbocycles. The van der Waals surface area contributed by atoms with Gasteiger partial charge in [-0.1, -0.05) is 48.9 Å². The van der Waals surface area contributed by atoms with Crippen LogP contribution in [-0.2, 0) is 16.0 Å². The van der Waals surface area contributed by atoms with Crippen LogP contribution in [0.3, 0.4) is 0 Å². The van der Waals surface area contributed by atoms with E-state index in [-0.39, 0.29) is 11.4 Å². The summed E-state index contributed by atoms with van der Waals surface area (Å²) in [6.45, 7) is 0.631. The Morgan fingerprint density at radius 1 is 1.15 bits per heavy atom. The number of carbonyl (C=O) groups excluding carboxylic acids is 1. The fourth-order valence-electron chi connectivity index (χ4n) is 3.99. The average Bonchev–Trinajstić information content (AvgIpc) is 3.00. The van der Waals surface area contributed by atoms with E-state index in [0.29, 0.717) is 12.5 Å². The molecular formula is C18H18O2. The van der Waals surface area contributed by atoms with Crippen LogP contribution in [-0.4, -0.2) is 12.6 Å². The summed E-state index contributed by atoms with van der Waals surface area (Å²) in [6, 6.07) is 14.9. The summed E-state index contributed by atoms with van der Waals surface area (Å²) in [4.78, 5) is 12.2. The minimum atomic E-state index is -0.234. The summed E-state index contributed by atoms with van der Waals surface area (Å²) < 4.78 is 5.34. The van der Waals surface area contributed by atoms with Crippen LogP contribution >= 0.6 is 0 Å². The Balaban J connectivity index is 1.71. The third kappa shape index (κ3) is 1.67. The largest absolute Gasteiger partial charge is 0.465 e. The van der Waals surface area contributed by atoms with E-state index in [9.17, 15) is 4.79 Å². The molecule has 0 bridgehead atoms. The monoisotopic (exact) mass is 266 g/mol. The number of hydrogen-bond acceptors (Lipinski definition) is 2. The molecule has 0 aromatic heterocycles. The van der Waals surface area contributed by atoms with E-state index >= 15 is 0 Å². The first-order valence-electron chi connectivity index (χ1n) is 7.43. The molecule has 1 heterocycles. The van der Waals surface area contributed by atoms with Crippen LogP contribution in [0.4, 0.5) is 0 Å². The van der Waals surface area contributed by atoms with Gasteiger partial charge in [0.2, 0.25) is 0 Å². The molecule has 2 aromatic carbocycles. The van der Waals surface area contributed by atoms with Crippen LogP contribution in [0.1, 0.15) is 24.8 Å². The number of ether oxygens (including phenoxy) is 1. The number of cyclic esters (lactones) is 1. The van der Waals surface area contributed by atoms with Crippen molar-refractivity contribution in [3.63, 3.8) is 0 Å². The molecule has 0 unspecified atom stereocenters. The van der Waals surface area contributed by atoms with Gasteiger partial charge >= 0.3 is 5.97 Å². The van der Waals surface area contributed by atoms with Crippen molar-refractivity contribution >= 4 is 16.7 Å². The van der Waals surface area contributed by atoms with E-state index in [1.165, 1.54) is 16.3 Å². The Morgan fingerprint density at radius 3 is 2.90 bits per heavy atom. The summed E-state index contributed by atoms with van der Waals surface area (Å²) in [5, 5.41) is 2.51. The molecule has 4 rings (SSSR count). The summed E-state index contributed by atoms with van der Waals surface area (Å²) in [5.41, 5.74) is 1.03. The quantitative estimate of drug-likeness (QED) is 0.774. The minimum Gasteiger partial charge on any atom is -0.465 e. The van der Waals surface area contributed by atoms with Crippen molar-refractivity contribution < 1.29 is 9.53 Å². The molecule has 1 aliphatic carbocycles. The molecule has 2 nitrogen and oxygen atoms in total. The smallest absolute Gasteiger partial charge is 0.312 e. The maximum Gasteiger partial charge on any atom is 0.312 e. The van der Waals surface area contributed by atoms with Gasteiger partial charge in [0, 0.05) is 5.92 Å². The highest BCUT2D eigenvalue weighted by Crippen LogP contribution is 2.50. The SMILES string of the molecule is O=C1OC[C@H]2CCC[C@]12Cc1ccc2ccccc2c1. The number of fused-ring (bicyclic) bond motifs is 2. The van der Waals surface area contributed by atoms with E-state index in [0.717, 1.165) is 25.7 Å². The predicted octanol–water partition coefficient (Wildman–Crippen LogP) is 3.73. The molecule has 2 fully saturated rings. The van der Waals surface area contributed by atoms with Gasteiger partial charge < -0.3 is 4.74 Å². The normalized spacial score (nSPS) is 28.6. The summed E-state index contributed by atoms with van der Waals surface area (Å²) in [6.07, 6.45) is 4.12. The minimum absolute atomic E-state index is 0.0353. The third-order valence-electron chi connectivity index (χ3n) is 5.11. The average molecular weight is 266 g/mol. The van der Waals surface area contributed by atoms with Crippen LogP contribution in [0.25, 0.3) is 10.8 Å². The second kappa shape index (κ2) is 4.34. The first-order valence-corrected chi connectivity index (χ1v) is 7.43. The van der Waals surface area contributed by atoms with Gasteiger partial charge in [0.05, 0.1) is 12.0 Å². The van der Waals surface area contributed by atoms with Gasteiger partial charge in [0.15, 0.2) is 0 Å². The highest BCUT2D eigenvalue weighted by atomic mass is 16.5. The van der Waals surface area contributed by atoms with Crippen molar-refractivity contribution in [2.45, 2.75) is 25.7 Å². The number of esters is 1. The van der Waals surface area contributed by atoms with Crippen molar-refractivity contribution in [1.82, 2.24) is 0 Å². The Bertz CT molecular complexity index is 676. The van der Waals surface area contributed by atoms with Crippen molar-refractivity contribution in [3.8, 4) is 0 Å². The van der Waals surface area contributed by atoms with Crippen LogP contribution in [0, 0.1) is 11.3 Å². The van der Waals surface area contributed by atoms with Crippen LogP contribution < -0.4 is 0 Å². The maximum atomic E-state index is 12.2. The fourth-order valence-corrected chi connectivity index (χ4v) is 3.99. The van der Waals surface area contributed by atoms with E-state index in [1.807, 2.05) is 0 Å². The first-order chi connectivity index (χ1) is 9.78. The summed E-state index contributed by atoms with van der Waals surface area (Å²) in [7, 11) is 0. The zero-order chi connectivity index (χ0) is 13.6. The zero-order valence-electron chi connectivity index (χ0n) is 11.5. The maximum absolute atomic E-state index is 12.2. The third-order valence-corrected chi connectivity index (χ3v) is 5.11. The number of rotatable bonds is 2. The molecule has 1 saturated heterocycles. The molecule has 20 heavy (non-hydrogen) atoms. The molecule has 2 aromatic rings. The van der Waals surface area contributed by atoms with E-state index in [4.69, 9.17) is 4.74 Å². The first kappa shape index (κ1) is 12.0. The van der Waals surface area contributed by atoms with Crippen molar-refractivity contribution in [2.24, 2.45) is 11.3 Å². The van der Waals surface area contributed by atoms with Gasteiger partial charge in [0.25, 0.3) is 0 Å². The molecule has 0 radical (unpaired) electrons. The number of hydrogen-bond donors (Lipinski definition) is 0. The van der Waals surface area contributed by atoms with Gasteiger partial charge in [-0.2, -0.15) is 0 Å². The lowest BCUT2D eigenvalue weighted by molar-refractivity contribution is -0.146. The van der Waals surface area contributed by atoms with Gasteiger partial charge in [-0.05, 0) is 35.6 Å². The summed E-state index contributed by atoms with van der Waals surface area (Å²) >= 11 is 0.